The Hall–Kier alpha value is -6.46. The number of para-hydroxylation sites is 2. The molecule has 0 saturated heterocycles. The van der Waals surface area contributed by atoms with E-state index in [2.05, 4.69) is 92.1 Å². The topological polar surface area (TPSA) is 131 Å². The van der Waals surface area contributed by atoms with Gasteiger partial charge in [0.15, 0.2) is 0 Å². The number of non-ortho nitro benzene ring substituents is 2. The lowest BCUT2D eigenvalue weighted by Gasteiger charge is -2.47. The number of aliphatic hydroxyl groups is 1. The predicted molar refractivity (Wildman–Crippen MR) is 219 cm³/mol. The molecule has 0 bridgehead atoms. The predicted octanol–water partition coefficient (Wildman–Crippen LogP) is 9.50. The van der Waals surface area contributed by atoms with Gasteiger partial charge in [-0.25, -0.2) is 0 Å². The highest BCUT2D eigenvalue weighted by Crippen LogP contribution is 2.58. The molecule has 0 fully saturated rings. The van der Waals surface area contributed by atoms with Crippen molar-refractivity contribution in [2.24, 2.45) is 0 Å². The summed E-state index contributed by atoms with van der Waals surface area (Å²) in [4.78, 5) is 27.1. The van der Waals surface area contributed by atoms with Crippen molar-refractivity contribution in [1.82, 2.24) is 0 Å². The number of rotatable bonds is 7. The van der Waals surface area contributed by atoms with E-state index >= 15 is 0 Å². The normalized spacial score (nSPS) is 21.4. The maximum atomic E-state index is 11.7. The van der Waals surface area contributed by atoms with Gasteiger partial charge < -0.3 is 24.4 Å². The Morgan fingerprint density at radius 3 is 1.54 bits per heavy atom. The molecule has 288 valence electrons. The highest BCUT2D eigenvalue weighted by molar-refractivity contribution is 5.76. The second-order valence-corrected chi connectivity index (χ2v) is 16.4. The van der Waals surface area contributed by atoms with Crippen LogP contribution in [0.15, 0.2) is 109 Å². The van der Waals surface area contributed by atoms with Gasteiger partial charge in [-0.05, 0) is 98.9 Å². The molecule has 1 N–H and O–H groups in total. The first kappa shape index (κ1) is 36.2. The Morgan fingerprint density at radius 2 is 1.07 bits per heavy atom. The molecule has 4 heterocycles. The van der Waals surface area contributed by atoms with Crippen LogP contribution in [0.2, 0.25) is 0 Å². The van der Waals surface area contributed by atoms with E-state index in [0.717, 1.165) is 33.6 Å². The number of hydrogen-bond donors (Lipinski definition) is 1. The summed E-state index contributed by atoms with van der Waals surface area (Å²) in [6.45, 7) is 11.1. The number of benzene rings is 5. The van der Waals surface area contributed by atoms with Crippen molar-refractivity contribution in [3.8, 4) is 11.5 Å². The lowest BCUT2D eigenvalue weighted by molar-refractivity contribution is -0.385. The van der Waals surface area contributed by atoms with E-state index in [-0.39, 0.29) is 16.3 Å². The quantitative estimate of drug-likeness (QED) is 0.127. The van der Waals surface area contributed by atoms with E-state index in [1.54, 1.807) is 12.1 Å². The first-order chi connectivity index (χ1) is 27.2. The molecule has 9 rings (SSSR count). The molecule has 5 aromatic carbocycles. The van der Waals surface area contributed by atoms with Gasteiger partial charge in [0.1, 0.15) is 11.5 Å². The molecule has 0 radical (unpaired) electrons. The molecule has 2 atom stereocenters. The summed E-state index contributed by atoms with van der Waals surface area (Å²) in [6, 6.07) is 31.2. The number of aliphatic hydroxyl groups excluding tert-OH is 1. The van der Waals surface area contributed by atoms with E-state index in [9.17, 15) is 25.3 Å². The lowest BCUT2D eigenvalue weighted by atomic mass is 9.76. The van der Waals surface area contributed by atoms with Crippen molar-refractivity contribution >= 4 is 34.9 Å². The van der Waals surface area contributed by atoms with Crippen LogP contribution in [0.25, 0.3) is 12.2 Å². The third kappa shape index (κ3) is 5.14. The highest BCUT2D eigenvalue weighted by atomic mass is 16.6. The van der Waals surface area contributed by atoms with Crippen molar-refractivity contribution in [3.63, 3.8) is 0 Å². The van der Waals surface area contributed by atoms with Crippen LogP contribution in [0.5, 0.6) is 11.5 Å². The highest BCUT2D eigenvalue weighted by Gasteiger charge is 2.60. The zero-order valence-electron chi connectivity index (χ0n) is 32.4. The van der Waals surface area contributed by atoms with Crippen LogP contribution in [-0.2, 0) is 30.5 Å². The standard InChI is InChI=1S/C46H42N4O7/c1-29-22-35(49(52)53)23-32-18-20-45(56-41(29)32)43(2,3)37-10-6-8-12-39(37)47(45)26-30-14-16-31(17-15-30)27-48-40-13-9-7-11-38(40)44(4,5)46(48)21-19-33-24-36(50(54)55)25-34(28-51)42(33)57-46/h6-25,51H,26-28H2,1-5H3. The van der Waals surface area contributed by atoms with Crippen molar-refractivity contribution in [1.29, 1.82) is 0 Å². The van der Waals surface area contributed by atoms with Gasteiger partial charge in [0.2, 0.25) is 11.4 Å². The molecule has 0 saturated carbocycles. The number of nitro benzene ring substituents is 2. The van der Waals surface area contributed by atoms with Crippen molar-refractivity contribution in [2.75, 3.05) is 9.80 Å². The molecule has 0 aromatic heterocycles. The molecular formula is C46H42N4O7. The minimum absolute atomic E-state index is 0.0327. The van der Waals surface area contributed by atoms with Crippen molar-refractivity contribution < 1.29 is 24.4 Å². The Bertz CT molecular complexity index is 2580. The Labute approximate surface area is 330 Å². The van der Waals surface area contributed by atoms with Crippen molar-refractivity contribution in [2.45, 2.75) is 76.6 Å². The molecule has 0 amide bonds. The van der Waals surface area contributed by atoms with Gasteiger partial charge in [0.05, 0.1) is 27.3 Å². The first-order valence-electron chi connectivity index (χ1n) is 19.0. The maximum absolute atomic E-state index is 11.7. The minimum atomic E-state index is -1.00. The van der Waals surface area contributed by atoms with Crippen LogP contribution in [0.3, 0.4) is 0 Å². The van der Waals surface area contributed by atoms with Gasteiger partial charge in [0.25, 0.3) is 11.4 Å². The van der Waals surface area contributed by atoms with E-state index < -0.39 is 33.8 Å². The SMILES string of the molecule is Cc1cc([N+](=O)[O-])cc2c1OC1(C=C2)N(Cc2ccc(CN3c4ccccc4C(C)(C)C34C=Cc3cc([N+](=O)[O-])cc(CO)c3O4)cc2)c2ccccc2C1(C)C. The number of fused-ring (bicyclic) bond motifs is 4. The molecular weight excluding hydrogens is 721 g/mol. The summed E-state index contributed by atoms with van der Waals surface area (Å²) in [5, 5.41) is 33.7. The smallest absolute Gasteiger partial charge is 0.270 e. The van der Waals surface area contributed by atoms with Gasteiger partial charge in [-0.1, -0.05) is 60.7 Å². The van der Waals surface area contributed by atoms with Crippen LogP contribution < -0.4 is 19.3 Å². The van der Waals surface area contributed by atoms with Gasteiger partial charge >= 0.3 is 0 Å². The number of aryl methyl sites for hydroxylation is 1. The Kier molecular flexibility index (Phi) is 7.95. The first-order valence-corrected chi connectivity index (χ1v) is 19.0. The average Bonchev–Trinajstić information content (AvgIpc) is 3.48. The fraction of sp³-hybridized carbons (Fsp3) is 0.261. The third-order valence-electron chi connectivity index (χ3n) is 12.6. The Balaban J connectivity index is 1.06. The average molecular weight is 763 g/mol. The van der Waals surface area contributed by atoms with Crippen LogP contribution in [0.4, 0.5) is 22.7 Å². The largest absolute Gasteiger partial charge is 0.462 e. The van der Waals surface area contributed by atoms with Gasteiger partial charge in [-0.2, -0.15) is 0 Å². The summed E-state index contributed by atoms with van der Waals surface area (Å²) in [6.07, 6.45) is 7.88. The third-order valence-corrected chi connectivity index (χ3v) is 12.6. The molecule has 0 aliphatic carbocycles. The number of nitrogens with zero attached hydrogens (tertiary/aromatic N) is 4. The second kappa shape index (κ2) is 12.5. The molecule has 4 aliphatic rings. The van der Waals surface area contributed by atoms with Crippen LogP contribution in [-0.4, -0.2) is 26.4 Å². The van der Waals surface area contributed by atoms with E-state index in [1.807, 2.05) is 49.4 Å². The summed E-state index contributed by atoms with van der Waals surface area (Å²) in [7, 11) is 0. The molecule has 11 heteroatoms. The van der Waals surface area contributed by atoms with E-state index in [4.69, 9.17) is 9.47 Å². The number of hydrogen-bond acceptors (Lipinski definition) is 9. The molecule has 4 aliphatic heterocycles. The van der Waals surface area contributed by atoms with Crippen LogP contribution in [0, 0.1) is 27.2 Å². The number of nitro groups is 2. The van der Waals surface area contributed by atoms with Crippen molar-refractivity contribution in [3.05, 3.63) is 174 Å². The monoisotopic (exact) mass is 762 g/mol. The van der Waals surface area contributed by atoms with E-state index in [1.165, 1.54) is 12.1 Å². The number of ether oxygens (including phenoxy) is 2. The zero-order chi connectivity index (χ0) is 40.1. The molecule has 5 aromatic rings. The summed E-state index contributed by atoms with van der Waals surface area (Å²) < 4.78 is 14.1. The number of anilines is 2. The molecule has 57 heavy (non-hydrogen) atoms. The van der Waals surface area contributed by atoms with Crippen LogP contribution >= 0.6 is 0 Å². The summed E-state index contributed by atoms with van der Waals surface area (Å²) in [5.41, 5.74) is 5.75. The fourth-order valence-electron chi connectivity index (χ4n) is 9.48. The summed E-state index contributed by atoms with van der Waals surface area (Å²) >= 11 is 0. The lowest BCUT2D eigenvalue weighted by Crippen LogP contribution is -2.59. The van der Waals surface area contributed by atoms with Gasteiger partial charge in [-0.15, -0.1) is 0 Å². The maximum Gasteiger partial charge on any atom is 0.270 e. The molecule has 2 spiro atoms. The summed E-state index contributed by atoms with van der Waals surface area (Å²) in [5.74, 6) is 1.07. The fourth-order valence-corrected chi connectivity index (χ4v) is 9.48. The minimum Gasteiger partial charge on any atom is -0.462 e. The Morgan fingerprint density at radius 1 is 0.632 bits per heavy atom. The molecule has 11 nitrogen and oxygen atoms in total. The zero-order valence-corrected chi connectivity index (χ0v) is 32.4. The second-order valence-electron chi connectivity index (χ2n) is 16.4. The van der Waals surface area contributed by atoms with Crippen LogP contribution in [0.1, 0.15) is 72.2 Å². The van der Waals surface area contributed by atoms with E-state index in [0.29, 0.717) is 46.8 Å². The van der Waals surface area contributed by atoms with Gasteiger partial charge in [0, 0.05) is 65.4 Å². The molecule has 2 unspecified atom stereocenters. The van der Waals surface area contributed by atoms with Gasteiger partial charge in [-0.3, -0.25) is 20.2 Å².